The molecule has 2 aliphatic rings. The summed E-state index contributed by atoms with van der Waals surface area (Å²) < 4.78 is 0. The van der Waals surface area contributed by atoms with E-state index in [0.717, 1.165) is 17.9 Å². The van der Waals surface area contributed by atoms with E-state index in [4.69, 9.17) is 5.73 Å². The van der Waals surface area contributed by atoms with Crippen molar-refractivity contribution in [2.75, 3.05) is 18.8 Å². The molecule has 5 nitrogen and oxygen atoms in total. The molecule has 34 heavy (non-hydrogen) atoms. The van der Waals surface area contributed by atoms with Crippen LogP contribution in [0.15, 0.2) is 47.4 Å². The van der Waals surface area contributed by atoms with Crippen LogP contribution in [0.1, 0.15) is 52.9 Å². The molecule has 0 unspecified atom stereocenters. The van der Waals surface area contributed by atoms with Gasteiger partial charge in [-0.2, -0.15) is 0 Å². The first-order chi connectivity index (χ1) is 16.2. The van der Waals surface area contributed by atoms with E-state index in [0.29, 0.717) is 24.1 Å². The van der Waals surface area contributed by atoms with Crippen molar-refractivity contribution in [3.8, 4) is 0 Å². The summed E-state index contributed by atoms with van der Waals surface area (Å²) >= 11 is 1.68. The number of likely N-dealkylation sites (tertiary alicyclic amines) is 1. The van der Waals surface area contributed by atoms with Crippen molar-refractivity contribution in [2.24, 2.45) is 17.6 Å². The van der Waals surface area contributed by atoms with Crippen LogP contribution in [0.5, 0.6) is 0 Å². The summed E-state index contributed by atoms with van der Waals surface area (Å²) in [4.78, 5) is 16.6. The van der Waals surface area contributed by atoms with Gasteiger partial charge in [0.2, 0.25) is 5.91 Å². The second-order valence-corrected chi connectivity index (χ2v) is 12.4. The molecule has 0 spiro atoms. The number of thioether (sulfide) groups is 1. The largest absolute Gasteiger partial charge is 0.390 e. The van der Waals surface area contributed by atoms with Gasteiger partial charge < -0.3 is 16.2 Å². The predicted octanol–water partition coefficient (Wildman–Crippen LogP) is 4.42. The van der Waals surface area contributed by atoms with Crippen molar-refractivity contribution in [3.63, 3.8) is 0 Å². The van der Waals surface area contributed by atoms with Crippen LogP contribution in [0.3, 0.4) is 0 Å². The molecule has 1 saturated carbocycles. The highest BCUT2D eigenvalue weighted by atomic mass is 32.2. The van der Waals surface area contributed by atoms with Crippen molar-refractivity contribution in [3.05, 3.63) is 42.5 Å². The van der Waals surface area contributed by atoms with E-state index in [1.165, 1.54) is 36.5 Å². The Kier molecular flexibility index (Phi) is 8.24. The number of benzene rings is 2. The predicted molar refractivity (Wildman–Crippen MR) is 142 cm³/mol. The zero-order valence-electron chi connectivity index (χ0n) is 20.9. The first-order valence-electron chi connectivity index (χ1n) is 12.8. The minimum atomic E-state index is -0.668. The van der Waals surface area contributed by atoms with E-state index < -0.39 is 6.10 Å². The third-order valence-electron chi connectivity index (χ3n) is 7.38. The highest BCUT2D eigenvalue weighted by Gasteiger charge is 2.41. The second-order valence-electron chi connectivity index (χ2n) is 11.3. The van der Waals surface area contributed by atoms with Crippen LogP contribution in [-0.2, 0) is 4.79 Å². The first-order valence-corrected chi connectivity index (χ1v) is 13.8. The lowest BCUT2D eigenvalue weighted by atomic mass is 9.72. The number of nitrogens with two attached hydrogens (primary N) is 1. The molecule has 1 saturated heterocycles. The highest BCUT2D eigenvalue weighted by molar-refractivity contribution is 7.99. The maximum Gasteiger partial charge on any atom is 0.237 e. The Morgan fingerprint density at radius 1 is 1.15 bits per heavy atom. The molecular formula is C28H41N3O2S. The van der Waals surface area contributed by atoms with Crippen LogP contribution >= 0.6 is 11.8 Å². The third kappa shape index (κ3) is 6.54. The van der Waals surface area contributed by atoms with Crippen molar-refractivity contribution in [2.45, 2.75) is 81.5 Å². The Labute approximate surface area is 208 Å². The molecule has 0 bridgehead atoms. The molecule has 1 amide bonds. The molecule has 186 valence electrons. The summed E-state index contributed by atoms with van der Waals surface area (Å²) in [6.07, 6.45) is 5.22. The van der Waals surface area contributed by atoms with Gasteiger partial charge in [-0.3, -0.25) is 9.69 Å². The van der Waals surface area contributed by atoms with E-state index in [-0.39, 0.29) is 23.5 Å². The van der Waals surface area contributed by atoms with Gasteiger partial charge in [-0.1, -0.05) is 49.6 Å². The lowest BCUT2D eigenvalue weighted by Gasteiger charge is -2.46. The molecule has 1 heterocycles. The number of aliphatic hydroxyl groups excluding tert-OH is 1. The molecule has 1 aliphatic heterocycles. The highest BCUT2D eigenvalue weighted by Crippen LogP contribution is 2.39. The fraction of sp³-hybridized carbons (Fsp3) is 0.607. The lowest BCUT2D eigenvalue weighted by Crippen LogP contribution is -2.59. The van der Waals surface area contributed by atoms with Gasteiger partial charge in [0.05, 0.1) is 12.1 Å². The minimum absolute atomic E-state index is 0.0860. The Bertz CT molecular complexity index is 976. The van der Waals surface area contributed by atoms with Gasteiger partial charge in [-0.15, -0.1) is 11.8 Å². The number of carbonyl (C=O) groups is 1. The van der Waals surface area contributed by atoms with Crippen molar-refractivity contribution in [1.29, 1.82) is 0 Å². The van der Waals surface area contributed by atoms with Gasteiger partial charge in [0.25, 0.3) is 0 Å². The van der Waals surface area contributed by atoms with E-state index in [2.05, 4.69) is 40.5 Å². The molecule has 1 aliphatic carbocycles. The molecular weight excluding hydrogens is 442 g/mol. The number of rotatable bonds is 7. The van der Waals surface area contributed by atoms with Crippen LogP contribution in [-0.4, -0.2) is 58.5 Å². The van der Waals surface area contributed by atoms with E-state index in [9.17, 15) is 9.90 Å². The first kappa shape index (κ1) is 25.5. The number of fused-ring (bicyclic) bond motifs is 2. The van der Waals surface area contributed by atoms with Crippen LogP contribution in [0.4, 0.5) is 0 Å². The molecule has 2 fully saturated rings. The Morgan fingerprint density at radius 2 is 1.85 bits per heavy atom. The molecule has 5 atom stereocenters. The summed E-state index contributed by atoms with van der Waals surface area (Å²) in [6, 6.07) is 14.2. The zero-order valence-corrected chi connectivity index (χ0v) is 21.7. The van der Waals surface area contributed by atoms with Crippen LogP contribution in [0.25, 0.3) is 10.8 Å². The third-order valence-corrected chi connectivity index (χ3v) is 8.52. The zero-order chi connectivity index (χ0) is 24.3. The van der Waals surface area contributed by atoms with Gasteiger partial charge in [0.1, 0.15) is 0 Å². The smallest absolute Gasteiger partial charge is 0.237 e. The Balaban J connectivity index is 1.38. The maximum atomic E-state index is 13.2. The normalized spacial score (nSPS) is 25.5. The Morgan fingerprint density at radius 3 is 2.59 bits per heavy atom. The van der Waals surface area contributed by atoms with Crippen LogP contribution in [0.2, 0.25) is 0 Å². The minimum Gasteiger partial charge on any atom is -0.390 e. The summed E-state index contributed by atoms with van der Waals surface area (Å²) in [6.45, 7) is 7.40. The molecule has 2 aromatic rings. The fourth-order valence-electron chi connectivity index (χ4n) is 5.56. The number of aliphatic hydroxyl groups is 1. The number of hydrogen-bond donors (Lipinski definition) is 3. The fourth-order valence-corrected chi connectivity index (χ4v) is 6.54. The van der Waals surface area contributed by atoms with E-state index >= 15 is 0 Å². The van der Waals surface area contributed by atoms with Gasteiger partial charge in [0.15, 0.2) is 0 Å². The number of piperidine rings is 1. The summed E-state index contributed by atoms with van der Waals surface area (Å²) in [7, 11) is 0. The molecule has 0 aromatic heterocycles. The number of β-amino-alcohol motifs (C(OH)–C–C–N with tert-alkyl or cyclic N) is 1. The number of nitrogens with zero attached hydrogens (tertiary/aromatic N) is 1. The number of amides is 1. The summed E-state index contributed by atoms with van der Waals surface area (Å²) in [5, 5.41) is 16.7. The van der Waals surface area contributed by atoms with E-state index in [1.807, 2.05) is 32.9 Å². The number of carbonyl (C=O) groups excluding carboxylic acids is 1. The van der Waals surface area contributed by atoms with Gasteiger partial charge in [-0.25, -0.2) is 0 Å². The van der Waals surface area contributed by atoms with Crippen LogP contribution in [0, 0.1) is 11.8 Å². The lowest BCUT2D eigenvalue weighted by molar-refractivity contribution is -0.132. The molecule has 4 rings (SSSR count). The van der Waals surface area contributed by atoms with Crippen molar-refractivity contribution in [1.82, 2.24) is 10.2 Å². The average molecular weight is 484 g/mol. The van der Waals surface area contributed by atoms with Crippen LogP contribution < -0.4 is 11.1 Å². The topological polar surface area (TPSA) is 78.6 Å². The monoisotopic (exact) mass is 483 g/mol. The maximum absolute atomic E-state index is 13.2. The molecule has 2 aromatic carbocycles. The van der Waals surface area contributed by atoms with Gasteiger partial charge >= 0.3 is 0 Å². The molecule has 0 radical (unpaired) electrons. The van der Waals surface area contributed by atoms with Gasteiger partial charge in [-0.05, 0) is 68.4 Å². The average Bonchev–Trinajstić information content (AvgIpc) is 2.80. The number of nitrogens with one attached hydrogen (secondary N) is 1. The summed E-state index contributed by atoms with van der Waals surface area (Å²) in [5.41, 5.74) is 6.19. The van der Waals surface area contributed by atoms with E-state index in [1.54, 1.807) is 11.8 Å². The molecule has 6 heteroatoms. The quantitative estimate of drug-likeness (QED) is 0.508. The second kappa shape index (κ2) is 11.0. The number of hydrogen-bond acceptors (Lipinski definition) is 5. The van der Waals surface area contributed by atoms with Gasteiger partial charge in [0, 0.05) is 35.3 Å². The standard InChI is InChI=1S/C28H41N3O2S/c1-28(2,3)30-27(33)25-15-21-10-6-7-11-22(21)16-31(25)17-26(32)24(29)18-34-23-13-12-19-8-4-5-9-20(19)14-23/h4-5,8-9,12-14,21-22,24-26,32H,6-7,10-11,15-18,29H2,1-3H3,(H,30,33)/t21-,22+,24-,25-,26+/m0/s1. The summed E-state index contributed by atoms with van der Waals surface area (Å²) in [5.74, 6) is 1.97. The molecule has 4 N–H and O–H groups in total. The Hall–Kier alpha value is -1.60. The van der Waals surface area contributed by atoms with Crippen molar-refractivity contribution < 1.29 is 9.90 Å². The van der Waals surface area contributed by atoms with Crippen molar-refractivity contribution >= 4 is 28.4 Å². The SMILES string of the molecule is CC(C)(C)NC(=O)[C@@H]1C[C@@H]2CCCC[C@@H]2CN1C[C@@H](O)[C@@H](N)CSc1ccc2ccccc2c1.